The molecule has 1 heterocycles. The fourth-order valence-electron chi connectivity index (χ4n) is 2.54. The van der Waals surface area contributed by atoms with Gasteiger partial charge < -0.3 is 15.2 Å². The molecule has 1 fully saturated rings. The number of nitrogens with one attached hydrogen (secondary N) is 1. The zero-order chi connectivity index (χ0) is 17.0. The normalized spacial score (nSPS) is 22.7. The number of rotatable bonds is 5. The number of carbonyl (C=O) groups excluding carboxylic acids is 1. The second kappa shape index (κ2) is 7.29. The van der Waals surface area contributed by atoms with Crippen molar-refractivity contribution in [1.82, 2.24) is 9.62 Å². The van der Waals surface area contributed by atoms with E-state index in [1.165, 1.54) is 16.4 Å². The third-order valence-corrected chi connectivity index (χ3v) is 5.38. The van der Waals surface area contributed by atoms with Crippen LogP contribution in [0.25, 0.3) is 0 Å². The Balaban J connectivity index is 1.90. The van der Waals surface area contributed by atoms with Crippen molar-refractivity contribution in [3.05, 3.63) is 29.8 Å². The fraction of sp³-hybridized carbons (Fsp3) is 0.533. The van der Waals surface area contributed by atoms with E-state index in [1.54, 1.807) is 12.1 Å². The molecule has 1 amide bonds. The second-order valence-corrected chi connectivity index (χ2v) is 7.75. The van der Waals surface area contributed by atoms with Crippen molar-refractivity contribution >= 4 is 15.9 Å². The van der Waals surface area contributed by atoms with Crippen molar-refractivity contribution in [2.45, 2.75) is 26.1 Å². The number of sulfonamides is 1. The number of amides is 1. The van der Waals surface area contributed by atoms with Gasteiger partial charge in [0, 0.05) is 19.6 Å². The van der Waals surface area contributed by atoms with Crippen molar-refractivity contribution in [3.8, 4) is 5.75 Å². The van der Waals surface area contributed by atoms with Crippen LogP contribution in [0, 0.1) is 0 Å². The molecule has 0 aromatic heterocycles. The predicted molar refractivity (Wildman–Crippen MR) is 85.8 cm³/mol. The lowest BCUT2D eigenvalue weighted by molar-refractivity contribution is -0.0440. The van der Waals surface area contributed by atoms with Gasteiger partial charge in [-0.05, 0) is 26.0 Å². The highest BCUT2D eigenvalue weighted by molar-refractivity contribution is 7.89. The third kappa shape index (κ3) is 4.66. The minimum Gasteiger partial charge on any atom is -0.507 e. The average molecular weight is 342 g/mol. The van der Waals surface area contributed by atoms with E-state index in [1.807, 2.05) is 13.8 Å². The molecule has 0 spiro atoms. The second-order valence-electron chi connectivity index (χ2n) is 5.66. The zero-order valence-corrected chi connectivity index (χ0v) is 14.0. The third-order valence-electron chi connectivity index (χ3n) is 3.57. The van der Waals surface area contributed by atoms with Gasteiger partial charge in [0.2, 0.25) is 10.0 Å². The first-order valence-corrected chi connectivity index (χ1v) is 9.10. The molecule has 0 aliphatic carbocycles. The van der Waals surface area contributed by atoms with E-state index in [0.29, 0.717) is 13.1 Å². The monoisotopic (exact) mass is 342 g/mol. The number of phenolic OH excluding ortho intramolecular Hbond substituents is 1. The number of para-hydroxylation sites is 1. The van der Waals surface area contributed by atoms with Crippen LogP contribution in [-0.2, 0) is 14.8 Å². The molecule has 1 aliphatic rings. The highest BCUT2D eigenvalue weighted by Crippen LogP contribution is 2.16. The first-order chi connectivity index (χ1) is 10.8. The van der Waals surface area contributed by atoms with Gasteiger partial charge in [0.25, 0.3) is 5.91 Å². The van der Waals surface area contributed by atoms with E-state index in [-0.39, 0.29) is 35.8 Å². The SMILES string of the molecule is C[C@@H]1CN(S(=O)(=O)CCNC(=O)c2ccccc2O)C[C@H](C)O1. The van der Waals surface area contributed by atoms with Crippen LogP contribution in [0.1, 0.15) is 24.2 Å². The quantitative estimate of drug-likeness (QED) is 0.815. The van der Waals surface area contributed by atoms with Gasteiger partial charge in [-0.1, -0.05) is 12.1 Å². The van der Waals surface area contributed by atoms with Crippen LogP contribution in [0.2, 0.25) is 0 Å². The molecule has 0 radical (unpaired) electrons. The molecule has 8 heteroatoms. The Kier molecular flexibility index (Phi) is 5.61. The molecular formula is C15H22N2O5S. The summed E-state index contributed by atoms with van der Waals surface area (Å²) in [5, 5.41) is 12.1. The molecule has 1 aromatic rings. The molecule has 2 rings (SSSR count). The van der Waals surface area contributed by atoms with Gasteiger partial charge in [-0.25, -0.2) is 8.42 Å². The Hall–Kier alpha value is -1.64. The molecule has 0 unspecified atom stereocenters. The summed E-state index contributed by atoms with van der Waals surface area (Å²) in [5.41, 5.74) is 0.124. The Morgan fingerprint density at radius 2 is 1.91 bits per heavy atom. The number of hydrogen-bond donors (Lipinski definition) is 2. The van der Waals surface area contributed by atoms with Crippen molar-refractivity contribution in [2.75, 3.05) is 25.4 Å². The van der Waals surface area contributed by atoms with Gasteiger partial charge in [0.1, 0.15) is 5.75 Å². The molecule has 7 nitrogen and oxygen atoms in total. The number of carbonyl (C=O) groups is 1. The van der Waals surface area contributed by atoms with E-state index >= 15 is 0 Å². The van der Waals surface area contributed by atoms with Crippen molar-refractivity contribution in [1.29, 1.82) is 0 Å². The lowest BCUT2D eigenvalue weighted by Crippen LogP contribution is -2.49. The highest BCUT2D eigenvalue weighted by atomic mass is 32.2. The van der Waals surface area contributed by atoms with Crippen LogP contribution in [0.3, 0.4) is 0 Å². The minimum absolute atomic E-state index is 0.0182. The summed E-state index contributed by atoms with van der Waals surface area (Å²) < 4.78 is 31.6. The van der Waals surface area contributed by atoms with Crippen molar-refractivity contribution in [3.63, 3.8) is 0 Å². The Bertz CT molecular complexity index is 652. The van der Waals surface area contributed by atoms with E-state index < -0.39 is 15.9 Å². The van der Waals surface area contributed by atoms with E-state index in [2.05, 4.69) is 5.32 Å². The number of hydrogen-bond acceptors (Lipinski definition) is 5. The standard InChI is InChI=1S/C15H22N2O5S/c1-11-9-17(10-12(2)22-11)23(20,21)8-7-16-15(19)13-5-3-4-6-14(13)18/h3-6,11-12,18H,7-10H2,1-2H3,(H,16,19)/t11-,12+. The van der Waals surface area contributed by atoms with E-state index in [9.17, 15) is 18.3 Å². The van der Waals surface area contributed by atoms with E-state index in [4.69, 9.17) is 4.74 Å². The number of morpholine rings is 1. The maximum Gasteiger partial charge on any atom is 0.255 e. The van der Waals surface area contributed by atoms with Crippen LogP contribution in [0.15, 0.2) is 24.3 Å². The summed E-state index contributed by atoms with van der Waals surface area (Å²) >= 11 is 0. The summed E-state index contributed by atoms with van der Waals surface area (Å²) in [6, 6.07) is 6.12. The molecule has 128 valence electrons. The van der Waals surface area contributed by atoms with Crippen LogP contribution >= 0.6 is 0 Å². The lowest BCUT2D eigenvalue weighted by atomic mass is 10.2. The molecule has 1 aromatic carbocycles. The first-order valence-electron chi connectivity index (χ1n) is 7.49. The summed E-state index contributed by atoms with van der Waals surface area (Å²) in [7, 11) is -3.46. The van der Waals surface area contributed by atoms with Gasteiger partial charge in [0.05, 0.1) is 23.5 Å². The van der Waals surface area contributed by atoms with Gasteiger partial charge in [-0.2, -0.15) is 4.31 Å². The Morgan fingerprint density at radius 3 is 2.52 bits per heavy atom. The molecule has 2 atom stereocenters. The minimum atomic E-state index is -3.46. The summed E-state index contributed by atoms with van der Waals surface area (Å²) in [4.78, 5) is 11.9. The lowest BCUT2D eigenvalue weighted by Gasteiger charge is -2.34. The molecule has 0 saturated carbocycles. The van der Waals surface area contributed by atoms with E-state index in [0.717, 1.165) is 0 Å². The molecule has 1 aliphatic heterocycles. The molecule has 1 saturated heterocycles. The Morgan fingerprint density at radius 1 is 1.30 bits per heavy atom. The molecule has 0 bridgehead atoms. The van der Waals surface area contributed by atoms with Crippen LogP contribution < -0.4 is 5.32 Å². The number of ether oxygens (including phenoxy) is 1. The summed E-state index contributed by atoms with van der Waals surface area (Å²) in [6.45, 7) is 4.28. The van der Waals surface area contributed by atoms with Gasteiger partial charge in [-0.15, -0.1) is 0 Å². The number of benzene rings is 1. The molecule has 2 N–H and O–H groups in total. The van der Waals surface area contributed by atoms with Gasteiger partial charge in [0.15, 0.2) is 0 Å². The largest absolute Gasteiger partial charge is 0.507 e. The summed E-state index contributed by atoms with van der Waals surface area (Å²) in [6.07, 6.45) is -0.297. The molecular weight excluding hydrogens is 320 g/mol. The zero-order valence-electron chi connectivity index (χ0n) is 13.2. The fourth-order valence-corrected chi connectivity index (χ4v) is 4.03. The molecule has 23 heavy (non-hydrogen) atoms. The highest BCUT2D eigenvalue weighted by Gasteiger charge is 2.30. The van der Waals surface area contributed by atoms with Gasteiger partial charge >= 0.3 is 0 Å². The van der Waals surface area contributed by atoms with Crippen LogP contribution in [0.5, 0.6) is 5.75 Å². The smallest absolute Gasteiger partial charge is 0.255 e. The van der Waals surface area contributed by atoms with Crippen LogP contribution in [-0.4, -0.2) is 61.3 Å². The number of nitrogens with zero attached hydrogens (tertiary/aromatic N) is 1. The van der Waals surface area contributed by atoms with Crippen molar-refractivity contribution < 1.29 is 23.1 Å². The van der Waals surface area contributed by atoms with Crippen LogP contribution in [0.4, 0.5) is 0 Å². The average Bonchev–Trinajstić information content (AvgIpc) is 2.46. The topological polar surface area (TPSA) is 95.9 Å². The number of aromatic hydroxyl groups is 1. The van der Waals surface area contributed by atoms with Gasteiger partial charge in [-0.3, -0.25) is 4.79 Å². The summed E-state index contributed by atoms with van der Waals surface area (Å²) in [5.74, 6) is -0.822. The maximum atomic E-state index is 12.3. The predicted octanol–water partition coefficient (Wildman–Crippen LogP) is 0.561. The van der Waals surface area contributed by atoms with Crippen molar-refractivity contribution in [2.24, 2.45) is 0 Å². The first kappa shape index (κ1) is 17.7. The maximum absolute atomic E-state index is 12.3. The number of phenols is 1. The Labute approximate surface area is 136 Å².